The van der Waals surface area contributed by atoms with Crippen LogP contribution in [-0.4, -0.2) is 68.9 Å². The average molecular weight is 514 g/mol. The van der Waals surface area contributed by atoms with Gasteiger partial charge < -0.3 is 20.3 Å². The van der Waals surface area contributed by atoms with E-state index in [4.69, 9.17) is 4.74 Å². The van der Waals surface area contributed by atoms with Crippen LogP contribution in [0.25, 0.3) is 11.0 Å². The minimum atomic E-state index is -1.24. The van der Waals surface area contributed by atoms with Crippen LogP contribution in [0.2, 0.25) is 0 Å². The molecule has 0 spiro atoms. The van der Waals surface area contributed by atoms with Gasteiger partial charge in [-0.15, -0.1) is 0 Å². The summed E-state index contributed by atoms with van der Waals surface area (Å²) in [6.45, 7) is 4.05. The molecule has 1 aromatic carbocycles. The molecule has 13 heteroatoms. The molecule has 6 rings (SSSR count). The van der Waals surface area contributed by atoms with E-state index in [0.717, 1.165) is 32.1 Å². The van der Waals surface area contributed by atoms with Crippen molar-refractivity contribution in [3.05, 3.63) is 53.9 Å². The molecule has 37 heavy (non-hydrogen) atoms. The van der Waals surface area contributed by atoms with Gasteiger partial charge in [0.2, 0.25) is 5.95 Å². The SMILES string of the molecule is Fc1cc(N2CCOCC2)c(F)c(Cn2ncc3cnc(Nc4cnn(CC5CCNC5)c4)nc32)c1F. The van der Waals surface area contributed by atoms with Gasteiger partial charge in [-0.25, -0.2) is 22.8 Å². The highest BCUT2D eigenvalue weighted by Gasteiger charge is 2.24. The highest BCUT2D eigenvalue weighted by Crippen LogP contribution is 2.29. The fraction of sp³-hybridized carbons (Fsp3) is 0.417. The molecule has 2 aliphatic heterocycles. The molecule has 0 radical (unpaired) electrons. The maximum Gasteiger partial charge on any atom is 0.229 e. The molecule has 2 N–H and O–H groups in total. The first kappa shape index (κ1) is 23.7. The van der Waals surface area contributed by atoms with Crippen LogP contribution in [0.15, 0.2) is 30.9 Å². The van der Waals surface area contributed by atoms with E-state index in [1.807, 2.05) is 10.9 Å². The molecule has 0 amide bonds. The lowest BCUT2D eigenvalue weighted by atomic mass is 10.1. The molecule has 0 saturated carbocycles. The summed E-state index contributed by atoms with van der Waals surface area (Å²) >= 11 is 0. The lowest BCUT2D eigenvalue weighted by molar-refractivity contribution is 0.122. The van der Waals surface area contributed by atoms with Crippen LogP contribution in [0.4, 0.5) is 30.5 Å². The van der Waals surface area contributed by atoms with E-state index in [0.29, 0.717) is 48.9 Å². The topological polar surface area (TPSA) is 98.0 Å². The zero-order valence-electron chi connectivity index (χ0n) is 20.0. The number of nitrogens with one attached hydrogen (secondary N) is 2. The molecule has 2 aliphatic rings. The van der Waals surface area contributed by atoms with E-state index >= 15 is 4.39 Å². The molecule has 2 fully saturated rings. The largest absolute Gasteiger partial charge is 0.378 e. The van der Waals surface area contributed by atoms with Crippen molar-refractivity contribution in [2.75, 3.05) is 49.6 Å². The van der Waals surface area contributed by atoms with Crippen LogP contribution in [0.3, 0.4) is 0 Å². The maximum absolute atomic E-state index is 15.4. The van der Waals surface area contributed by atoms with Gasteiger partial charge in [0.25, 0.3) is 0 Å². The van der Waals surface area contributed by atoms with Crippen molar-refractivity contribution in [2.45, 2.75) is 19.5 Å². The van der Waals surface area contributed by atoms with Crippen LogP contribution < -0.4 is 15.5 Å². The monoisotopic (exact) mass is 513 g/mol. The number of hydrogen-bond donors (Lipinski definition) is 2. The van der Waals surface area contributed by atoms with Gasteiger partial charge in [0.15, 0.2) is 23.1 Å². The average Bonchev–Trinajstić information content (AvgIpc) is 3.67. The number of fused-ring (bicyclic) bond motifs is 1. The normalized spacial score (nSPS) is 18.1. The minimum absolute atomic E-state index is 0.0102. The molecule has 10 nitrogen and oxygen atoms in total. The summed E-state index contributed by atoms with van der Waals surface area (Å²) in [7, 11) is 0. The summed E-state index contributed by atoms with van der Waals surface area (Å²) in [5, 5.41) is 15.7. The maximum atomic E-state index is 15.4. The first-order chi connectivity index (χ1) is 18.0. The zero-order valence-corrected chi connectivity index (χ0v) is 20.0. The Bertz CT molecular complexity index is 1410. The molecule has 1 unspecified atom stereocenters. The highest BCUT2D eigenvalue weighted by atomic mass is 19.2. The fourth-order valence-electron chi connectivity index (χ4n) is 4.80. The molecule has 5 heterocycles. The third-order valence-corrected chi connectivity index (χ3v) is 6.76. The number of rotatable bonds is 7. The quantitative estimate of drug-likeness (QED) is 0.364. The van der Waals surface area contributed by atoms with Crippen molar-refractivity contribution in [2.24, 2.45) is 5.92 Å². The second-order valence-corrected chi connectivity index (χ2v) is 9.29. The number of aromatic nitrogens is 6. The van der Waals surface area contributed by atoms with Crippen molar-refractivity contribution < 1.29 is 17.9 Å². The number of anilines is 3. The van der Waals surface area contributed by atoms with Gasteiger partial charge in [0.05, 0.1) is 54.5 Å². The Morgan fingerprint density at radius 3 is 2.76 bits per heavy atom. The summed E-state index contributed by atoms with van der Waals surface area (Å²) < 4.78 is 53.2. The second-order valence-electron chi connectivity index (χ2n) is 9.29. The van der Waals surface area contributed by atoms with Crippen LogP contribution in [-0.2, 0) is 17.8 Å². The number of benzene rings is 1. The molecular weight excluding hydrogens is 487 g/mol. The lowest BCUT2D eigenvalue weighted by Crippen LogP contribution is -2.37. The van der Waals surface area contributed by atoms with Crippen molar-refractivity contribution >= 4 is 28.4 Å². The third kappa shape index (κ3) is 4.83. The summed E-state index contributed by atoms with van der Waals surface area (Å²) in [5.74, 6) is -2.35. The lowest BCUT2D eigenvalue weighted by Gasteiger charge is -2.29. The van der Waals surface area contributed by atoms with Crippen LogP contribution in [0, 0.1) is 23.4 Å². The number of morpholine rings is 1. The predicted octanol–water partition coefficient (Wildman–Crippen LogP) is 2.68. The number of halogens is 3. The highest BCUT2D eigenvalue weighted by molar-refractivity contribution is 5.75. The molecule has 0 aliphatic carbocycles. The van der Waals surface area contributed by atoms with Crippen LogP contribution >= 0.6 is 0 Å². The van der Waals surface area contributed by atoms with E-state index in [1.165, 1.54) is 10.9 Å². The second kappa shape index (κ2) is 9.98. The minimum Gasteiger partial charge on any atom is -0.378 e. The van der Waals surface area contributed by atoms with Crippen LogP contribution in [0.1, 0.15) is 12.0 Å². The van der Waals surface area contributed by atoms with E-state index < -0.39 is 23.0 Å². The number of ether oxygens (including phenoxy) is 1. The fourth-order valence-corrected chi connectivity index (χ4v) is 4.80. The van der Waals surface area contributed by atoms with Gasteiger partial charge >= 0.3 is 0 Å². The Morgan fingerprint density at radius 2 is 1.95 bits per heavy atom. The Morgan fingerprint density at radius 1 is 1.08 bits per heavy atom. The van der Waals surface area contributed by atoms with Gasteiger partial charge in [-0.1, -0.05) is 0 Å². The first-order valence-corrected chi connectivity index (χ1v) is 12.2. The summed E-state index contributed by atoms with van der Waals surface area (Å²) in [6, 6.07) is 0.897. The van der Waals surface area contributed by atoms with Crippen LogP contribution in [0.5, 0.6) is 0 Å². The standard InChI is InChI=1S/C24H26F3N9O/c25-19-7-20(34-3-5-37-6-4-34)22(27)18(21(19)26)14-36-23-16(10-31-36)9-29-24(33-23)32-17-11-30-35(13-17)12-15-1-2-28-8-15/h7,9-11,13,15,28H,1-6,8,12,14H2,(H,29,32,33). The van der Waals surface area contributed by atoms with Crippen molar-refractivity contribution in [1.82, 2.24) is 34.8 Å². The molecular formula is C24H26F3N9O. The molecule has 3 aromatic heterocycles. The van der Waals surface area contributed by atoms with Gasteiger partial charge in [0, 0.05) is 38.1 Å². The van der Waals surface area contributed by atoms with E-state index in [9.17, 15) is 8.78 Å². The molecule has 194 valence electrons. The molecule has 1 atom stereocenters. The molecule has 4 aromatic rings. The predicted molar refractivity (Wildman–Crippen MR) is 130 cm³/mol. The number of nitrogens with zero attached hydrogens (tertiary/aromatic N) is 7. The number of hydrogen-bond acceptors (Lipinski definition) is 8. The Hall–Kier alpha value is -3.71. The Labute approximate surface area is 210 Å². The van der Waals surface area contributed by atoms with Gasteiger partial charge in [-0.05, 0) is 25.4 Å². The Balaban J connectivity index is 1.25. The summed E-state index contributed by atoms with van der Waals surface area (Å²) in [6.07, 6.45) is 7.77. The first-order valence-electron chi connectivity index (χ1n) is 12.2. The Kier molecular flexibility index (Phi) is 6.38. The summed E-state index contributed by atoms with van der Waals surface area (Å²) in [4.78, 5) is 10.5. The van der Waals surface area contributed by atoms with Crippen molar-refractivity contribution in [3.8, 4) is 0 Å². The van der Waals surface area contributed by atoms with Gasteiger partial charge in [-0.3, -0.25) is 4.68 Å². The van der Waals surface area contributed by atoms with E-state index in [-0.39, 0.29) is 18.2 Å². The van der Waals surface area contributed by atoms with Gasteiger partial charge in [-0.2, -0.15) is 15.2 Å². The smallest absolute Gasteiger partial charge is 0.229 e. The summed E-state index contributed by atoms with van der Waals surface area (Å²) in [5.41, 5.74) is 0.671. The molecule has 0 bridgehead atoms. The van der Waals surface area contributed by atoms with E-state index in [1.54, 1.807) is 17.3 Å². The molecule has 2 saturated heterocycles. The van der Waals surface area contributed by atoms with Crippen molar-refractivity contribution in [3.63, 3.8) is 0 Å². The van der Waals surface area contributed by atoms with E-state index in [2.05, 4.69) is 30.8 Å². The van der Waals surface area contributed by atoms with Gasteiger partial charge in [0.1, 0.15) is 0 Å². The van der Waals surface area contributed by atoms with Crippen molar-refractivity contribution in [1.29, 1.82) is 0 Å². The third-order valence-electron chi connectivity index (χ3n) is 6.76. The zero-order chi connectivity index (χ0) is 25.4.